The molecule has 0 saturated carbocycles. The zero-order valence-electron chi connectivity index (χ0n) is 8.23. The second-order valence-corrected chi connectivity index (χ2v) is 3.28. The number of aromatic nitrogens is 3. The molecular formula is C10H12N4. The van der Waals surface area contributed by atoms with Crippen molar-refractivity contribution in [2.24, 2.45) is 0 Å². The molecule has 0 aromatic carbocycles. The zero-order valence-corrected chi connectivity index (χ0v) is 8.23. The van der Waals surface area contributed by atoms with Crippen molar-refractivity contribution in [1.82, 2.24) is 15.2 Å². The molecule has 0 aliphatic rings. The Kier molecular flexibility index (Phi) is 2.18. The lowest BCUT2D eigenvalue weighted by molar-refractivity contribution is 1.07. The highest BCUT2D eigenvalue weighted by Gasteiger charge is 2.01. The first-order valence-corrected chi connectivity index (χ1v) is 4.40. The van der Waals surface area contributed by atoms with E-state index in [9.17, 15) is 0 Å². The van der Waals surface area contributed by atoms with E-state index < -0.39 is 0 Å². The van der Waals surface area contributed by atoms with Gasteiger partial charge in [-0.2, -0.15) is 5.10 Å². The lowest BCUT2D eigenvalue weighted by Crippen LogP contribution is -2.10. The molecule has 0 radical (unpaired) electrons. The van der Waals surface area contributed by atoms with Crippen LogP contribution >= 0.6 is 0 Å². The number of H-pyrrole nitrogens is 1. The quantitative estimate of drug-likeness (QED) is 0.777. The molecule has 14 heavy (non-hydrogen) atoms. The molecule has 0 unspecified atom stereocenters. The molecule has 4 heteroatoms. The smallest absolute Gasteiger partial charge is 0.128 e. The number of aromatic amines is 1. The summed E-state index contributed by atoms with van der Waals surface area (Å²) in [6, 6.07) is 4.00. The van der Waals surface area contributed by atoms with E-state index in [0.29, 0.717) is 0 Å². The van der Waals surface area contributed by atoms with Crippen molar-refractivity contribution in [1.29, 1.82) is 0 Å². The fraction of sp³-hybridized carbons (Fsp3) is 0.200. The molecule has 0 aliphatic heterocycles. The Balaban J connectivity index is 2.41. The van der Waals surface area contributed by atoms with E-state index in [2.05, 4.69) is 15.2 Å². The molecule has 0 spiro atoms. The van der Waals surface area contributed by atoms with Crippen LogP contribution in [-0.4, -0.2) is 29.3 Å². The number of anilines is 1. The van der Waals surface area contributed by atoms with E-state index >= 15 is 0 Å². The lowest BCUT2D eigenvalue weighted by atomic mass is 10.1. The molecule has 1 N–H and O–H groups in total. The molecule has 0 amide bonds. The van der Waals surface area contributed by atoms with E-state index in [1.165, 1.54) is 0 Å². The van der Waals surface area contributed by atoms with Crippen LogP contribution < -0.4 is 4.90 Å². The topological polar surface area (TPSA) is 44.8 Å². The Morgan fingerprint density at radius 3 is 2.79 bits per heavy atom. The van der Waals surface area contributed by atoms with Crippen LogP contribution in [0.4, 0.5) is 5.82 Å². The molecule has 0 atom stereocenters. The van der Waals surface area contributed by atoms with Crippen molar-refractivity contribution in [3.8, 4) is 11.1 Å². The minimum absolute atomic E-state index is 0.948. The first kappa shape index (κ1) is 8.74. The highest BCUT2D eigenvalue weighted by molar-refractivity contribution is 5.64. The molecule has 2 heterocycles. The molecule has 2 aromatic rings. The van der Waals surface area contributed by atoms with Crippen molar-refractivity contribution >= 4 is 5.82 Å². The number of rotatable bonds is 2. The molecule has 0 saturated heterocycles. The van der Waals surface area contributed by atoms with Crippen LogP contribution in [0.15, 0.2) is 30.7 Å². The van der Waals surface area contributed by atoms with E-state index in [1.807, 2.05) is 37.3 Å². The van der Waals surface area contributed by atoms with Gasteiger partial charge in [-0.15, -0.1) is 0 Å². The summed E-state index contributed by atoms with van der Waals surface area (Å²) in [6.45, 7) is 0. The van der Waals surface area contributed by atoms with Gasteiger partial charge in [0.2, 0.25) is 0 Å². The van der Waals surface area contributed by atoms with Crippen molar-refractivity contribution in [3.63, 3.8) is 0 Å². The average Bonchev–Trinajstić information content (AvgIpc) is 2.71. The Morgan fingerprint density at radius 1 is 1.29 bits per heavy atom. The van der Waals surface area contributed by atoms with Gasteiger partial charge in [-0.3, -0.25) is 5.10 Å². The second-order valence-electron chi connectivity index (χ2n) is 3.28. The fourth-order valence-electron chi connectivity index (χ4n) is 1.25. The normalized spacial score (nSPS) is 10.1. The molecule has 2 rings (SSSR count). The van der Waals surface area contributed by atoms with Crippen molar-refractivity contribution < 1.29 is 0 Å². The predicted molar refractivity (Wildman–Crippen MR) is 56.1 cm³/mol. The zero-order chi connectivity index (χ0) is 9.97. The Morgan fingerprint density at radius 2 is 2.14 bits per heavy atom. The SMILES string of the molecule is CN(C)c1cc(-c2cn[nH]c2)ccn1. The van der Waals surface area contributed by atoms with E-state index in [4.69, 9.17) is 0 Å². The number of pyridine rings is 1. The highest BCUT2D eigenvalue weighted by atomic mass is 15.1. The van der Waals surface area contributed by atoms with Crippen LogP contribution in [0.2, 0.25) is 0 Å². The van der Waals surface area contributed by atoms with E-state index in [1.54, 1.807) is 12.4 Å². The van der Waals surface area contributed by atoms with Crippen LogP contribution in [0.3, 0.4) is 0 Å². The van der Waals surface area contributed by atoms with Crippen molar-refractivity contribution in [2.75, 3.05) is 19.0 Å². The summed E-state index contributed by atoms with van der Waals surface area (Å²) in [7, 11) is 3.95. The van der Waals surface area contributed by atoms with Crippen molar-refractivity contribution in [2.45, 2.75) is 0 Å². The second kappa shape index (κ2) is 3.49. The molecular weight excluding hydrogens is 176 g/mol. The number of hydrogen-bond acceptors (Lipinski definition) is 3. The van der Waals surface area contributed by atoms with Gasteiger partial charge in [-0.25, -0.2) is 4.98 Å². The summed E-state index contributed by atoms with van der Waals surface area (Å²) in [4.78, 5) is 6.22. The molecule has 4 nitrogen and oxygen atoms in total. The van der Waals surface area contributed by atoms with Crippen LogP contribution in [0.1, 0.15) is 0 Å². The maximum atomic E-state index is 4.24. The third kappa shape index (κ3) is 1.59. The summed E-state index contributed by atoms with van der Waals surface area (Å²) >= 11 is 0. The van der Waals surface area contributed by atoms with Gasteiger partial charge in [-0.05, 0) is 17.7 Å². The average molecular weight is 188 g/mol. The highest BCUT2D eigenvalue weighted by Crippen LogP contribution is 2.20. The van der Waals surface area contributed by atoms with Crippen LogP contribution in [0, 0.1) is 0 Å². The molecule has 0 aliphatic carbocycles. The lowest BCUT2D eigenvalue weighted by Gasteiger charge is -2.11. The van der Waals surface area contributed by atoms with Gasteiger partial charge < -0.3 is 4.90 Å². The monoisotopic (exact) mass is 188 g/mol. The van der Waals surface area contributed by atoms with Crippen LogP contribution in [0.5, 0.6) is 0 Å². The minimum atomic E-state index is 0.948. The summed E-state index contributed by atoms with van der Waals surface area (Å²) in [5, 5.41) is 6.71. The van der Waals surface area contributed by atoms with Crippen molar-refractivity contribution in [3.05, 3.63) is 30.7 Å². The predicted octanol–water partition coefficient (Wildman–Crippen LogP) is 1.54. The Hall–Kier alpha value is -1.84. The summed E-state index contributed by atoms with van der Waals surface area (Å²) < 4.78 is 0. The molecule has 2 aromatic heterocycles. The first-order chi connectivity index (χ1) is 6.77. The maximum absolute atomic E-state index is 4.24. The summed E-state index contributed by atoms with van der Waals surface area (Å²) in [6.07, 6.45) is 5.47. The molecule has 72 valence electrons. The third-order valence-electron chi connectivity index (χ3n) is 2.04. The fourth-order valence-corrected chi connectivity index (χ4v) is 1.25. The van der Waals surface area contributed by atoms with E-state index in [0.717, 1.165) is 16.9 Å². The van der Waals surface area contributed by atoms with Crippen LogP contribution in [-0.2, 0) is 0 Å². The van der Waals surface area contributed by atoms with Gasteiger partial charge in [0.05, 0.1) is 6.20 Å². The number of nitrogens with zero attached hydrogens (tertiary/aromatic N) is 3. The van der Waals surface area contributed by atoms with Gasteiger partial charge in [0.25, 0.3) is 0 Å². The Bertz CT molecular complexity index is 406. The Labute approximate surface area is 82.6 Å². The number of hydrogen-bond donors (Lipinski definition) is 1. The summed E-state index contributed by atoms with van der Waals surface area (Å²) in [5.74, 6) is 0.948. The van der Waals surface area contributed by atoms with Gasteiger partial charge in [0, 0.05) is 32.1 Å². The molecule has 0 fully saturated rings. The largest absolute Gasteiger partial charge is 0.363 e. The van der Waals surface area contributed by atoms with Gasteiger partial charge >= 0.3 is 0 Å². The standard InChI is InChI=1S/C10H12N4/c1-14(2)10-5-8(3-4-11-10)9-6-12-13-7-9/h3-7H,1-2H3,(H,12,13). The van der Waals surface area contributed by atoms with Gasteiger partial charge in [0.1, 0.15) is 5.82 Å². The minimum Gasteiger partial charge on any atom is -0.363 e. The maximum Gasteiger partial charge on any atom is 0.128 e. The van der Waals surface area contributed by atoms with Gasteiger partial charge in [0.15, 0.2) is 0 Å². The third-order valence-corrected chi connectivity index (χ3v) is 2.04. The number of nitrogens with one attached hydrogen (secondary N) is 1. The first-order valence-electron chi connectivity index (χ1n) is 4.40. The van der Waals surface area contributed by atoms with E-state index in [-0.39, 0.29) is 0 Å². The molecule has 0 bridgehead atoms. The summed E-state index contributed by atoms with van der Waals surface area (Å²) in [5.41, 5.74) is 2.20. The van der Waals surface area contributed by atoms with Crippen LogP contribution in [0.25, 0.3) is 11.1 Å². The van der Waals surface area contributed by atoms with Gasteiger partial charge in [-0.1, -0.05) is 0 Å².